The quantitative estimate of drug-likeness (QED) is 0.455. The van der Waals surface area contributed by atoms with Gasteiger partial charge in [-0.25, -0.2) is 0 Å². The van der Waals surface area contributed by atoms with E-state index in [1.165, 1.54) is 5.56 Å². The first-order chi connectivity index (χ1) is 10.1. The minimum Gasteiger partial charge on any atom is -0.508 e. The van der Waals surface area contributed by atoms with Gasteiger partial charge in [0, 0.05) is 13.1 Å². The summed E-state index contributed by atoms with van der Waals surface area (Å²) in [4.78, 5) is 0. The highest BCUT2D eigenvalue weighted by molar-refractivity contribution is 5.25. The van der Waals surface area contributed by atoms with Crippen molar-refractivity contribution >= 4 is 0 Å². The summed E-state index contributed by atoms with van der Waals surface area (Å²) < 4.78 is 0. The lowest BCUT2D eigenvalue weighted by Gasteiger charge is -2.12. The maximum atomic E-state index is 9.21. The highest BCUT2D eigenvalue weighted by atomic mass is 16.3. The summed E-state index contributed by atoms with van der Waals surface area (Å²) >= 11 is 0. The number of aryl methyl sites for hydroxylation is 1. The van der Waals surface area contributed by atoms with E-state index in [1.54, 1.807) is 12.1 Å². The van der Waals surface area contributed by atoms with Gasteiger partial charge in [-0.05, 0) is 43.9 Å². The van der Waals surface area contributed by atoms with Gasteiger partial charge in [0.15, 0.2) is 0 Å². The standard InChI is InChI=1S/C18H26N2O/c1-4-6-15(2)12-14-20-16(3)19-13-5-7-17-8-10-18(21)11-9-17/h4,6,8-11,19-21H,2-3,5,7,12-14H2,1H3/b6-4-. The molecule has 0 fully saturated rings. The van der Waals surface area contributed by atoms with E-state index in [0.717, 1.165) is 43.7 Å². The number of benzene rings is 1. The Kier molecular flexibility index (Phi) is 7.80. The molecule has 0 aromatic heterocycles. The monoisotopic (exact) mass is 286 g/mol. The molecule has 0 aliphatic heterocycles. The summed E-state index contributed by atoms with van der Waals surface area (Å²) in [6.07, 6.45) is 6.95. The van der Waals surface area contributed by atoms with E-state index in [1.807, 2.05) is 31.2 Å². The van der Waals surface area contributed by atoms with Crippen LogP contribution in [0.1, 0.15) is 25.3 Å². The average Bonchev–Trinajstić information content (AvgIpc) is 2.46. The largest absolute Gasteiger partial charge is 0.508 e. The SMILES string of the molecule is C=C(/C=C\C)CCNC(=C)NCCCc1ccc(O)cc1. The van der Waals surface area contributed by atoms with Gasteiger partial charge in [-0.1, -0.05) is 43.0 Å². The third-order valence-corrected chi connectivity index (χ3v) is 3.10. The average molecular weight is 286 g/mol. The highest BCUT2D eigenvalue weighted by Crippen LogP contribution is 2.10. The van der Waals surface area contributed by atoms with Crippen LogP contribution in [0.2, 0.25) is 0 Å². The van der Waals surface area contributed by atoms with Crippen LogP contribution in [0, 0.1) is 0 Å². The van der Waals surface area contributed by atoms with Gasteiger partial charge >= 0.3 is 0 Å². The summed E-state index contributed by atoms with van der Waals surface area (Å²) in [5.41, 5.74) is 2.35. The van der Waals surface area contributed by atoms with Gasteiger partial charge < -0.3 is 15.7 Å². The van der Waals surface area contributed by atoms with Crippen LogP contribution >= 0.6 is 0 Å². The predicted octanol–water partition coefficient (Wildman–Crippen LogP) is 3.50. The maximum Gasteiger partial charge on any atom is 0.115 e. The van der Waals surface area contributed by atoms with Gasteiger partial charge in [0.1, 0.15) is 5.75 Å². The first-order valence-electron chi connectivity index (χ1n) is 7.37. The summed E-state index contributed by atoms with van der Waals surface area (Å²) in [6, 6.07) is 7.35. The van der Waals surface area contributed by atoms with Crippen molar-refractivity contribution in [3.63, 3.8) is 0 Å². The van der Waals surface area contributed by atoms with Gasteiger partial charge in [-0.2, -0.15) is 0 Å². The van der Waals surface area contributed by atoms with E-state index in [-0.39, 0.29) is 0 Å². The third-order valence-electron chi connectivity index (χ3n) is 3.10. The fourth-order valence-corrected chi connectivity index (χ4v) is 1.95. The topological polar surface area (TPSA) is 44.3 Å². The number of rotatable bonds is 10. The molecule has 3 N–H and O–H groups in total. The predicted molar refractivity (Wildman–Crippen MR) is 90.1 cm³/mol. The number of hydrogen-bond donors (Lipinski definition) is 3. The molecular formula is C18H26N2O. The third kappa shape index (κ3) is 7.88. The van der Waals surface area contributed by atoms with Crippen LogP contribution in [0.15, 0.2) is 61.0 Å². The van der Waals surface area contributed by atoms with Crippen LogP contribution in [0.4, 0.5) is 0 Å². The van der Waals surface area contributed by atoms with Crippen LogP contribution in [-0.4, -0.2) is 18.2 Å². The molecule has 0 spiro atoms. The first-order valence-corrected chi connectivity index (χ1v) is 7.37. The fraction of sp³-hybridized carbons (Fsp3) is 0.333. The van der Waals surface area contributed by atoms with Gasteiger partial charge in [0.2, 0.25) is 0 Å². The van der Waals surface area contributed by atoms with Crippen molar-refractivity contribution < 1.29 is 5.11 Å². The number of aromatic hydroxyl groups is 1. The van der Waals surface area contributed by atoms with E-state index in [2.05, 4.69) is 23.8 Å². The Balaban J connectivity index is 2.08. The zero-order valence-corrected chi connectivity index (χ0v) is 12.9. The minimum absolute atomic E-state index is 0.314. The molecule has 0 bridgehead atoms. The van der Waals surface area contributed by atoms with E-state index < -0.39 is 0 Å². The van der Waals surface area contributed by atoms with Crippen LogP contribution in [0.25, 0.3) is 0 Å². The normalized spacial score (nSPS) is 10.5. The zero-order valence-electron chi connectivity index (χ0n) is 12.9. The van der Waals surface area contributed by atoms with Crippen molar-refractivity contribution in [2.45, 2.75) is 26.2 Å². The Morgan fingerprint density at radius 2 is 1.81 bits per heavy atom. The molecule has 3 nitrogen and oxygen atoms in total. The van der Waals surface area contributed by atoms with Crippen LogP contribution in [0.5, 0.6) is 5.75 Å². The molecule has 1 aromatic rings. The number of allylic oxidation sites excluding steroid dienone is 2. The Labute approximate surface area is 128 Å². The number of phenolic OH excluding ortho intramolecular Hbond substituents is 1. The van der Waals surface area contributed by atoms with Crippen LogP contribution < -0.4 is 10.6 Å². The van der Waals surface area contributed by atoms with Crippen LogP contribution in [0.3, 0.4) is 0 Å². The van der Waals surface area contributed by atoms with Gasteiger partial charge in [0.05, 0.1) is 5.82 Å². The van der Waals surface area contributed by atoms with Gasteiger partial charge in [-0.3, -0.25) is 0 Å². The lowest BCUT2D eigenvalue weighted by atomic mass is 10.1. The molecule has 0 amide bonds. The molecule has 0 aliphatic carbocycles. The smallest absolute Gasteiger partial charge is 0.115 e. The van der Waals surface area contributed by atoms with E-state index in [4.69, 9.17) is 0 Å². The molecule has 0 heterocycles. The van der Waals surface area contributed by atoms with Crippen LogP contribution in [-0.2, 0) is 6.42 Å². The Bertz CT molecular complexity index is 474. The van der Waals surface area contributed by atoms with Gasteiger partial charge in [0.25, 0.3) is 0 Å². The molecular weight excluding hydrogens is 260 g/mol. The molecule has 1 rings (SSSR count). The summed E-state index contributed by atoms with van der Waals surface area (Å²) in [5, 5.41) is 15.7. The number of phenols is 1. The molecule has 0 saturated heterocycles. The maximum absolute atomic E-state index is 9.21. The number of nitrogens with one attached hydrogen (secondary N) is 2. The van der Waals surface area contributed by atoms with E-state index in [9.17, 15) is 5.11 Å². The zero-order chi connectivity index (χ0) is 15.5. The van der Waals surface area contributed by atoms with Gasteiger partial charge in [-0.15, -0.1) is 0 Å². The summed E-state index contributed by atoms with van der Waals surface area (Å²) in [5.74, 6) is 1.17. The molecule has 3 heteroatoms. The lowest BCUT2D eigenvalue weighted by Crippen LogP contribution is -2.27. The molecule has 0 radical (unpaired) electrons. The Morgan fingerprint density at radius 3 is 2.48 bits per heavy atom. The van der Waals surface area contributed by atoms with Crippen molar-refractivity contribution in [1.82, 2.24) is 10.6 Å². The summed E-state index contributed by atoms with van der Waals surface area (Å²) in [6.45, 7) is 11.6. The Hall–Kier alpha value is -2.16. The molecule has 21 heavy (non-hydrogen) atoms. The lowest BCUT2D eigenvalue weighted by molar-refractivity contribution is 0.475. The molecule has 114 valence electrons. The second-order valence-corrected chi connectivity index (χ2v) is 5.01. The number of hydrogen-bond acceptors (Lipinski definition) is 3. The Morgan fingerprint density at radius 1 is 1.14 bits per heavy atom. The van der Waals surface area contributed by atoms with Crippen molar-refractivity contribution in [3.05, 3.63) is 66.5 Å². The molecule has 0 unspecified atom stereocenters. The fourth-order valence-electron chi connectivity index (χ4n) is 1.95. The van der Waals surface area contributed by atoms with Crippen molar-refractivity contribution in [3.8, 4) is 5.75 Å². The second-order valence-electron chi connectivity index (χ2n) is 5.01. The van der Waals surface area contributed by atoms with E-state index >= 15 is 0 Å². The van der Waals surface area contributed by atoms with E-state index in [0.29, 0.717) is 5.75 Å². The minimum atomic E-state index is 0.314. The van der Waals surface area contributed by atoms with Crippen molar-refractivity contribution in [2.75, 3.05) is 13.1 Å². The molecule has 0 aliphatic rings. The second kappa shape index (κ2) is 9.70. The highest BCUT2D eigenvalue weighted by Gasteiger charge is 1.96. The molecule has 0 atom stereocenters. The summed E-state index contributed by atoms with van der Waals surface area (Å²) in [7, 11) is 0. The molecule has 1 aromatic carbocycles. The molecule has 0 saturated carbocycles. The first kappa shape index (κ1) is 16.9. The van der Waals surface area contributed by atoms with Crippen molar-refractivity contribution in [2.24, 2.45) is 0 Å². The van der Waals surface area contributed by atoms with Crippen molar-refractivity contribution in [1.29, 1.82) is 0 Å².